The van der Waals surface area contributed by atoms with Crippen molar-refractivity contribution in [3.63, 3.8) is 0 Å². The van der Waals surface area contributed by atoms with E-state index in [1.165, 1.54) is 6.07 Å². The number of sulfonamides is 1. The van der Waals surface area contributed by atoms with Crippen molar-refractivity contribution >= 4 is 21.7 Å². The van der Waals surface area contributed by atoms with E-state index in [2.05, 4.69) is 4.72 Å². The van der Waals surface area contributed by atoms with Crippen LogP contribution in [0.5, 0.6) is 0 Å². The third-order valence-corrected chi connectivity index (χ3v) is 4.09. The molecule has 8 heteroatoms. The second-order valence-corrected chi connectivity index (χ2v) is 5.78. The first-order chi connectivity index (χ1) is 8.77. The first-order valence-electron chi connectivity index (χ1n) is 5.54. The normalized spacial score (nSPS) is 13.2. The summed E-state index contributed by atoms with van der Waals surface area (Å²) in [6, 6.07) is 3.05. The van der Waals surface area contributed by atoms with Gasteiger partial charge < -0.3 is 15.9 Å². The van der Waals surface area contributed by atoms with E-state index in [1.807, 2.05) is 0 Å². The van der Waals surface area contributed by atoms with Crippen LogP contribution in [0.1, 0.15) is 23.7 Å². The summed E-state index contributed by atoms with van der Waals surface area (Å²) in [6.07, 6.45) is 0.233. The third-order valence-electron chi connectivity index (χ3n) is 2.44. The van der Waals surface area contributed by atoms with Crippen molar-refractivity contribution in [2.24, 2.45) is 0 Å². The molecule has 1 aromatic carbocycles. The summed E-state index contributed by atoms with van der Waals surface area (Å²) in [7, 11) is -3.97. The molecule has 0 aliphatic rings. The minimum Gasteiger partial charge on any atom is -0.478 e. The summed E-state index contributed by atoms with van der Waals surface area (Å²) < 4.78 is 26.4. The number of rotatable bonds is 6. The Hall–Kier alpha value is -1.64. The zero-order chi connectivity index (χ0) is 14.6. The second kappa shape index (κ2) is 6.00. The molecule has 5 N–H and O–H groups in total. The Balaban J connectivity index is 3.18. The van der Waals surface area contributed by atoms with Gasteiger partial charge >= 0.3 is 5.97 Å². The van der Waals surface area contributed by atoms with Gasteiger partial charge in [-0.25, -0.2) is 17.9 Å². The molecule has 0 bridgehead atoms. The van der Waals surface area contributed by atoms with Crippen molar-refractivity contribution in [1.82, 2.24) is 4.72 Å². The number of hydrogen-bond donors (Lipinski definition) is 4. The summed E-state index contributed by atoms with van der Waals surface area (Å²) in [5.74, 6) is -1.37. The average molecular weight is 288 g/mol. The summed E-state index contributed by atoms with van der Waals surface area (Å²) >= 11 is 0. The molecule has 0 radical (unpaired) electrons. The summed E-state index contributed by atoms with van der Waals surface area (Å²) in [6.45, 7) is 1.41. The monoisotopic (exact) mass is 288 g/mol. The number of nitrogens with one attached hydrogen (secondary N) is 1. The van der Waals surface area contributed by atoms with E-state index in [9.17, 15) is 13.2 Å². The van der Waals surface area contributed by atoms with E-state index in [0.29, 0.717) is 0 Å². The number of aliphatic hydroxyl groups excluding tert-OH is 1. The van der Waals surface area contributed by atoms with Gasteiger partial charge in [-0.3, -0.25) is 0 Å². The van der Waals surface area contributed by atoms with Gasteiger partial charge in [-0.1, -0.05) is 0 Å². The molecule has 0 aromatic heterocycles. The molecule has 1 atom stereocenters. The molecule has 0 fully saturated rings. The van der Waals surface area contributed by atoms with Gasteiger partial charge in [-0.05, 0) is 31.5 Å². The number of carboxylic acids is 1. The van der Waals surface area contributed by atoms with Crippen LogP contribution < -0.4 is 10.5 Å². The highest BCUT2D eigenvalue weighted by Gasteiger charge is 2.23. The predicted molar refractivity (Wildman–Crippen MR) is 69.3 cm³/mol. The highest BCUT2D eigenvalue weighted by molar-refractivity contribution is 7.89. The lowest BCUT2D eigenvalue weighted by atomic mass is 10.2. The second-order valence-electron chi connectivity index (χ2n) is 4.10. The average Bonchev–Trinajstić information content (AvgIpc) is 2.27. The number of anilines is 1. The molecule has 0 amide bonds. The maximum Gasteiger partial charge on any atom is 0.337 e. The maximum atomic E-state index is 12.1. The molecule has 0 saturated heterocycles. The van der Waals surface area contributed by atoms with Crippen molar-refractivity contribution < 1.29 is 23.4 Å². The van der Waals surface area contributed by atoms with Gasteiger partial charge in [0.15, 0.2) is 0 Å². The quantitative estimate of drug-likeness (QED) is 0.546. The Morgan fingerprint density at radius 3 is 2.63 bits per heavy atom. The van der Waals surface area contributed by atoms with Gasteiger partial charge in [0.25, 0.3) is 0 Å². The van der Waals surface area contributed by atoms with Crippen molar-refractivity contribution in [3.8, 4) is 0 Å². The molecule has 1 unspecified atom stereocenters. The van der Waals surface area contributed by atoms with Gasteiger partial charge in [0.2, 0.25) is 10.0 Å². The Bertz CT molecular complexity index is 570. The lowest BCUT2D eigenvalue weighted by Crippen LogP contribution is -2.34. The molecule has 19 heavy (non-hydrogen) atoms. The van der Waals surface area contributed by atoms with Gasteiger partial charge in [-0.2, -0.15) is 0 Å². The number of carbonyl (C=O) groups is 1. The van der Waals surface area contributed by atoms with E-state index in [-0.39, 0.29) is 29.2 Å². The predicted octanol–water partition coefficient (Wildman–Crippen LogP) is 0.0162. The topological polar surface area (TPSA) is 130 Å². The number of nitrogen functional groups attached to an aromatic ring is 1. The number of benzene rings is 1. The van der Waals surface area contributed by atoms with Crippen LogP contribution in [0.3, 0.4) is 0 Å². The molecule has 0 aliphatic carbocycles. The molecule has 1 rings (SSSR count). The number of aromatic carboxylic acids is 1. The molecule has 7 nitrogen and oxygen atoms in total. The minimum atomic E-state index is -3.97. The van der Waals surface area contributed by atoms with Gasteiger partial charge in [-0.15, -0.1) is 0 Å². The maximum absolute atomic E-state index is 12.1. The van der Waals surface area contributed by atoms with Crippen LogP contribution in [-0.2, 0) is 10.0 Å². The van der Waals surface area contributed by atoms with Crippen LogP contribution in [-0.4, -0.2) is 37.2 Å². The summed E-state index contributed by atoms with van der Waals surface area (Å²) in [4.78, 5) is 10.7. The highest BCUT2D eigenvalue weighted by atomic mass is 32.2. The zero-order valence-electron chi connectivity index (χ0n) is 10.3. The van der Waals surface area contributed by atoms with Crippen LogP contribution in [0, 0.1) is 0 Å². The smallest absolute Gasteiger partial charge is 0.337 e. The largest absolute Gasteiger partial charge is 0.478 e. The SMILES string of the molecule is CC(CCO)NS(=O)(=O)c1ccc(N)cc1C(=O)O. The van der Waals surface area contributed by atoms with Crippen molar-refractivity contribution in [3.05, 3.63) is 23.8 Å². The van der Waals surface area contributed by atoms with E-state index in [1.54, 1.807) is 6.92 Å². The van der Waals surface area contributed by atoms with Crippen molar-refractivity contribution in [2.75, 3.05) is 12.3 Å². The molecule has 1 aromatic rings. The molecule has 0 aliphatic heterocycles. The van der Waals surface area contributed by atoms with Crippen LogP contribution in [0.4, 0.5) is 5.69 Å². The van der Waals surface area contributed by atoms with Gasteiger partial charge in [0.1, 0.15) is 0 Å². The number of carboxylic acid groups (broad SMARTS) is 1. The molecule has 0 spiro atoms. The first-order valence-corrected chi connectivity index (χ1v) is 7.02. The van der Waals surface area contributed by atoms with Crippen LogP contribution in [0.25, 0.3) is 0 Å². The summed E-state index contributed by atoms with van der Waals surface area (Å²) in [5.41, 5.74) is 5.23. The van der Waals surface area contributed by atoms with Crippen LogP contribution in [0.15, 0.2) is 23.1 Å². The minimum absolute atomic E-state index is 0.166. The number of nitrogens with two attached hydrogens (primary N) is 1. The summed E-state index contributed by atoms with van der Waals surface area (Å²) in [5, 5.41) is 17.7. The fourth-order valence-corrected chi connectivity index (χ4v) is 2.99. The molecular formula is C11H16N2O5S. The van der Waals surface area contributed by atoms with E-state index < -0.39 is 22.0 Å². The van der Waals surface area contributed by atoms with Crippen molar-refractivity contribution in [2.45, 2.75) is 24.3 Å². The Morgan fingerprint density at radius 2 is 2.11 bits per heavy atom. The number of hydrogen-bond acceptors (Lipinski definition) is 5. The van der Waals surface area contributed by atoms with Crippen LogP contribution >= 0.6 is 0 Å². The molecular weight excluding hydrogens is 272 g/mol. The fraction of sp³-hybridized carbons (Fsp3) is 0.364. The Morgan fingerprint density at radius 1 is 1.47 bits per heavy atom. The number of aliphatic hydroxyl groups is 1. The third kappa shape index (κ3) is 3.91. The van der Waals surface area contributed by atoms with Gasteiger partial charge in [0, 0.05) is 18.3 Å². The molecule has 0 saturated carbocycles. The van der Waals surface area contributed by atoms with Crippen molar-refractivity contribution in [1.29, 1.82) is 0 Å². The Labute approximate surface area is 111 Å². The Kier molecular flexibility index (Phi) is 4.87. The lowest BCUT2D eigenvalue weighted by molar-refractivity contribution is 0.0692. The van der Waals surface area contributed by atoms with E-state index >= 15 is 0 Å². The zero-order valence-corrected chi connectivity index (χ0v) is 11.1. The molecule has 0 heterocycles. The van der Waals surface area contributed by atoms with Crippen LogP contribution in [0.2, 0.25) is 0 Å². The first kappa shape index (κ1) is 15.4. The van der Waals surface area contributed by atoms with Gasteiger partial charge in [0.05, 0.1) is 10.5 Å². The molecule has 106 valence electrons. The standard InChI is InChI=1S/C11H16N2O5S/c1-7(4-5-14)13-19(17,18)10-3-2-8(12)6-9(10)11(15)16/h2-3,6-7,13-14H,4-5,12H2,1H3,(H,15,16). The highest BCUT2D eigenvalue weighted by Crippen LogP contribution is 2.19. The fourth-order valence-electron chi connectivity index (χ4n) is 1.53. The van der Waals surface area contributed by atoms with E-state index in [0.717, 1.165) is 12.1 Å². The lowest BCUT2D eigenvalue weighted by Gasteiger charge is -2.14. The van der Waals surface area contributed by atoms with E-state index in [4.69, 9.17) is 15.9 Å².